The highest BCUT2D eigenvalue weighted by Gasteiger charge is 2.28. The third-order valence-corrected chi connectivity index (χ3v) is 14.0. The Bertz CT molecular complexity index is 2660. The SMILES string of the molecule is CCCOc1c2cc(-c3c(C)n[nH]c3C)cc1Cc1cc(-c3c(C)n[nH]c3C)cc(c1OCCC)Cc1cc(-c3c(C)n[nH]c3C)cc(c1OCCC)Cc1cc(-c3c(C)n[nH]c3C)cc(c1OCCC)C2. The van der Waals surface area contributed by atoms with Crippen molar-refractivity contribution in [2.75, 3.05) is 26.4 Å². The summed E-state index contributed by atoms with van der Waals surface area (Å²) in [7, 11) is 0. The Hall–Kier alpha value is -7.08. The number of aryl methyl sites for hydroxylation is 8. The van der Waals surface area contributed by atoms with E-state index in [0.717, 1.165) is 183 Å². The fraction of sp³-hybridized carbons (Fsp3) is 0.400. The number of benzene rings is 4. The van der Waals surface area contributed by atoms with Crippen LogP contribution in [0.25, 0.3) is 44.5 Å². The van der Waals surface area contributed by atoms with Gasteiger partial charge in [-0.25, -0.2) is 0 Å². The molecule has 0 unspecified atom stereocenters. The van der Waals surface area contributed by atoms with E-state index in [4.69, 9.17) is 39.3 Å². The second-order valence-corrected chi connectivity index (χ2v) is 19.8. The molecule has 9 rings (SSSR count). The van der Waals surface area contributed by atoms with Crippen LogP contribution in [-0.2, 0) is 25.7 Å². The predicted octanol–water partition coefficient (Wildman–Crippen LogP) is 13.5. The van der Waals surface area contributed by atoms with Gasteiger partial charge in [0.2, 0.25) is 0 Å². The van der Waals surface area contributed by atoms with Gasteiger partial charge in [0.1, 0.15) is 23.0 Å². The molecule has 4 N–H and O–H groups in total. The lowest BCUT2D eigenvalue weighted by molar-refractivity contribution is 0.304. The number of rotatable bonds is 16. The van der Waals surface area contributed by atoms with Gasteiger partial charge in [0.15, 0.2) is 0 Å². The van der Waals surface area contributed by atoms with Crippen molar-refractivity contribution < 1.29 is 18.9 Å². The van der Waals surface area contributed by atoms with Gasteiger partial charge in [-0.15, -0.1) is 0 Å². The van der Waals surface area contributed by atoms with Crippen LogP contribution in [-0.4, -0.2) is 67.2 Å². The minimum absolute atomic E-state index is 0.543. The monoisotopic (exact) mass is 969 g/mol. The molecule has 12 heteroatoms. The van der Waals surface area contributed by atoms with Crippen molar-refractivity contribution in [1.82, 2.24) is 40.8 Å². The van der Waals surface area contributed by atoms with E-state index in [1.807, 2.05) is 0 Å². The molecule has 4 heterocycles. The Balaban J connectivity index is 1.44. The number of H-pyrrole nitrogens is 4. The summed E-state index contributed by atoms with van der Waals surface area (Å²) >= 11 is 0. The number of hydrogen-bond acceptors (Lipinski definition) is 8. The number of aromatic amines is 4. The summed E-state index contributed by atoms with van der Waals surface area (Å²) < 4.78 is 28.2. The molecule has 0 atom stereocenters. The quantitative estimate of drug-likeness (QED) is 0.0747. The van der Waals surface area contributed by atoms with Crippen LogP contribution in [0.5, 0.6) is 23.0 Å². The first-order valence-corrected chi connectivity index (χ1v) is 26.0. The molecule has 4 aromatic heterocycles. The number of fused-ring (bicyclic) bond motifs is 8. The zero-order valence-electron chi connectivity index (χ0n) is 44.5. The molecule has 1 aliphatic rings. The van der Waals surface area contributed by atoms with Crippen molar-refractivity contribution >= 4 is 0 Å². The molecule has 376 valence electrons. The van der Waals surface area contributed by atoms with Gasteiger partial charge in [0, 0.05) is 70.7 Å². The summed E-state index contributed by atoms with van der Waals surface area (Å²) in [6.45, 7) is 27.7. The number of aromatic nitrogens is 8. The molecular formula is C60H72N8O4. The molecule has 0 saturated carbocycles. The van der Waals surface area contributed by atoms with Crippen LogP contribution < -0.4 is 18.9 Å². The first kappa shape index (κ1) is 49.9. The Labute approximate surface area is 425 Å². The van der Waals surface area contributed by atoms with Crippen molar-refractivity contribution in [1.29, 1.82) is 0 Å². The van der Waals surface area contributed by atoms with Gasteiger partial charge in [0.25, 0.3) is 0 Å². The molecule has 0 amide bonds. The Morgan fingerprint density at radius 1 is 0.319 bits per heavy atom. The van der Waals surface area contributed by atoms with Crippen molar-refractivity contribution in [3.05, 3.63) is 139 Å². The third-order valence-electron chi connectivity index (χ3n) is 14.0. The molecule has 4 aromatic carbocycles. The van der Waals surface area contributed by atoms with E-state index in [0.29, 0.717) is 52.1 Å². The number of ether oxygens (including phenoxy) is 4. The van der Waals surface area contributed by atoms with E-state index >= 15 is 0 Å². The predicted molar refractivity (Wildman–Crippen MR) is 288 cm³/mol. The van der Waals surface area contributed by atoms with Crippen LogP contribution in [0.3, 0.4) is 0 Å². The largest absolute Gasteiger partial charge is 0.493 e. The summed E-state index contributed by atoms with van der Waals surface area (Å²) in [5, 5.41) is 31.9. The van der Waals surface area contributed by atoms with Crippen LogP contribution >= 0.6 is 0 Å². The smallest absolute Gasteiger partial charge is 0.126 e. The van der Waals surface area contributed by atoms with Crippen molar-refractivity contribution in [2.24, 2.45) is 0 Å². The zero-order chi connectivity index (χ0) is 50.8. The normalized spacial score (nSPS) is 12.4. The second-order valence-electron chi connectivity index (χ2n) is 19.8. The second kappa shape index (κ2) is 21.3. The Morgan fingerprint density at radius 2 is 0.500 bits per heavy atom. The maximum atomic E-state index is 7.06. The number of nitrogens with zero attached hydrogens (tertiary/aromatic N) is 4. The molecule has 0 fully saturated rings. The van der Waals surface area contributed by atoms with Gasteiger partial charge in [-0.3, -0.25) is 20.4 Å². The third kappa shape index (κ3) is 9.80. The summed E-state index contributed by atoms with van der Waals surface area (Å²) in [4.78, 5) is 0. The minimum atomic E-state index is 0.543. The van der Waals surface area contributed by atoms with E-state index < -0.39 is 0 Å². The van der Waals surface area contributed by atoms with Gasteiger partial charge in [-0.1, -0.05) is 27.7 Å². The van der Waals surface area contributed by atoms with Gasteiger partial charge in [-0.2, -0.15) is 20.4 Å². The summed E-state index contributed by atoms with van der Waals surface area (Å²) in [5.74, 6) is 3.54. The number of nitrogens with one attached hydrogen (secondary N) is 4. The highest BCUT2D eigenvalue weighted by molar-refractivity contribution is 5.78. The minimum Gasteiger partial charge on any atom is -0.493 e. The fourth-order valence-corrected chi connectivity index (χ4v) is 10.9. The molecule has 12 nitrogen and oxygen atoms in total. The van der Waals surface area contributed by atoms with Crippen LogP contribution in [0.15, 0.2) is 48.5 Å². The molecule has 8 aromatic rings. The first-order valence-electron chi connectivity index (χ1n) is 26.0. The molecule has 0 aliphatic heterocycles. The number of hydrogen-bond donors (Lipinski definition) is 4. The average Bonchev–Trinajstić information content (AvgIpc) is 4.09. The lowest BCUT2D eigenvalue weighted by atomic mass is 9.85. The summed E-state index contributed by atoms with van der Waals surface area (Å²) in [6.07, 6.45) is 5.59. The van der Waals surface area contributed by atoms with Gasteiger partial charge < -0.3 is 18.9 Å². The maximum absolute atomic E-state index is 7.06. The van der Waals surface area contributed by atoms with Crippen molar-refractivity contribution in [3.63, 3.8) is 0 Å². The van der Waals surface area contributed by atoms with E-state index in [-0.39, 0.29) is 0 Å². The van der Waals surface area contributed by atoms with E-state index in [1.165, 1.54) is 0 Å². The molecule has 0 saturated heterocycles. The Kier molecular flexibility index (Phi) is 14.8. The van der Waals surface area contributed by atoms with Crippen LogP contribution in [0.4, 0.5) is 0 Å². The first-order chi connectivity index (χ1) is 34.8. The van der Waals surface area contributed by atoms with Crippen LogP contribution in [0, 0.1) is 55.4 Å². The molecule has 0 radical (unpaired) electrons. The standard InChI is InChI=1S/C60H72N8O4/c1-13-17-69-57-45-21-41(53-33(5)61-62-34(53)6)22-46(57)30-48-24-43(55-37(9)65-66-38(55)10)26-50(59(48)71-19-15-3)32-52-28-44(56-39(11)67-68-40(56)12)27-51(60(52)72-20-16-4)31-49-25-42(54-35(7)63-64-36(54)8)23-47(29-45)58(49)70-18-14-2/h21-28H,13-20,29-32H2,1-12H3,(H,61,62)(H,63,64)(H,65,66)(H,67,68). The van der Waals surface area contributed by atoms with Crippen molar-refractivity contribution in [3.8, 4) is 67.5 Å². The van der Waals surface area contributed by atoms with E-state index in [9.17, 15) is 0 Å². The summed E-state index contributed by atoms with van der Waals surface area (Å²) in [6, 6.07) is 18.6. The van der Waals surface area contributed by atoms with Crippen LogP contribution in [0.2, 0.25) is 0 Å². The summed E-state index contributed by atoms with van der Waals surface area (Å²) in [5.41, 5.74) is 25.1. The van der Waals surface area contributed by atoms with E-state index in [2.05, 4.69) is 152 Å². The highest BCUT2D eigenvalue weighted by atomic mass is 16.5. The molecule has 0 spiro atoms. The molecule has 1 aliphatic carbocycles. The van der Waals surface area contributed by atoms with Gasteiger partial charge in [-0.05, 0) is 196 Å². The van der Waals surface area contributed by atoms with Crippen molar-refractivity contribution in [2.45, 2.75) is 134 Å². The lowest BCUT2D eigenvalue weighted by Gasteiger charge is -2.25. The molecule has 72 heavy (non-hydrogen) atoms. The topological polar surface area (TPSA) is 152 Å². The maximum Gasteiger partial charge on any atom is 0.126 e. The zero-order valence-corrected chi connectivity index (χ0v) is 44.5. The van der Waals surface area contributed by atoms with Crippen LogP contribution in [0.1, 0.15) is 143 Å². The average molecular weight is 969 g/mol. The van der Waals surface area contributed by atoms with E-state index in [1.54, 1.807) is 0 Å². The Morgan fingerprint density at radius 3 is 0.639 bits per heavy atom. The van der Waals surface area contributed by atoms with Gasteiger partial charge in [0.05, 0.1) is 49.2 Å². The molecular weight excluding hydrogens is 897 g/mol. The van der Waals surface area contributed by atoms with Gasteiger partial charge >= 0.3 is 0 Å². The molecule has 8 bridgehead atoms. The lowest BCUT2D eigenvalue weighted by Crippen LogP contribution is -2.11. The fourth-order valence-electron chi connectivity index (χ4n) is 10.9. The highest BCUT2D eigenvalue weighted by Crippen LogP contribution is 2.46.